The number of rotatable bonds is 4. The van der Waals surface area contributed by atoms with Crippen LogP contribution in [0.25, 0.3) is 0 Å². The van der Waals surface area contributed by atoms with Gasteiger partial charge in [-0.05, 0) is 59.0 Å². The maximum atomic E-state index is 12.0. The number of amides is 1. The number of aryl methyl sites for hydroxylation is 3. The first-order valence-corrected chi connectivity index (χ1v) is 7.46. The summed E-state index contributed by atoms with van der Waals surface area (Å²) in [6, 6.07) is 14.0. The quantitative estimate of drug-likeness (QED) is 0.868. The van der Waals surface area contributed by atoms with E-state index in [0.29, 0.717) is 6.42 Å². The summed E-state index contributed by atoms with van der Waals surface area (Å²) < 4.78 is 0.948. The SMILES string of the molecule is Cc1ccccc1CCC(=O)Nc1cccc(C)c1Br. The van der Waals surface area contributed by atoms with Gasteiger partial charge in [0.1, 0.15) is 0 Å². The topological polar surface area (TPSA) is 29.1 Å². The van der Waals surface area contributed by atoms with Crippen LogP contribution in [0.4, 0.5) is 5.69 Å². The average molecular weight is 332 g/mol. The van der Waals surface area contributed by atoms with Gasteiger partial charge in [-0.25, -0.2) is 0 Å². The number of carbonyl (C=O) groups is 1. The van der Waals surface area contributed by atoms with Crippen LogP contribution in [-0.4, -0.2) is 5.91 Å². The zero-order chi connectivity index (χ0) is 14.5. The molecule has 0 atom stereocenters. The molecule has 20 heavy (non-hydrogen) atoms. The summed E-state index contributed by atoms with van der Waals surface area (Å²) in [5, 5.41) is 2.95. The van der Waals surface area contributed by atoms with Crippen molar-refractivity contribution in [3.05, 3.63) is 63.6 Å². The van der Waals surface area contributed by atoms with Crippen molar-refractivity contribution in [2.24, 2.45) is 0 Å². The van der Waals surface area contributed by atoms with E-state index in [9.17, 15) is 4.79 Å². The normalized spacial score (nSPS) is 10.3. The second-order valence-corrected chi connectivity index (χ2v) is 5.70. The molecule has 0 saturated heterocycles. The first-order chi connectivity index (χ1) is 9.58. The van der Waals surface area contributed by atoms with Crippen molar-refractivity contribution in [1.82, 2.24) is 0 Å². The molecule has 0 spiro atoms. The minimum atomic E-state index is 0.0413. The number of carbonyl (C=O) groups excluding carboxylic acids is 1. The summed E-state index contributed by atoms with van der Waals surface area (Å²) in [6.07, 6.45) is 1.26. The van der Waals surface area contributed by atoms with Crippen LogP contribution in [0.5, 0.6) is 0 Å². The third-order valence-electron chi connectivity index (χ3n) is 3.35. The van der Waals surface area contributed by atoms with E-state index < -0.39 is 0 Å². The standard InChI is InChI=1S/C17H18BrNO/c1-12-6-3-4-8-14(12)10-11-16(20)19-15-9-5-7-13(2)17(15)18/h3-9H,10-11H2,1-2H3,(H,19,20). The highest BCUT2D eigenvalue weighted by Crippen LogP contribution is 2.25. The Morgan fingerprint density at radius 2 is 1.75 bits per heavy atom. The number of nitrogens with one attached hydrogen (secondary N) is 1. The van der Waals surface area contributed by atoms with Crippen molar-refractivity contribution in [2.45, 2.75) is 26.7 Å². The van der Waals surface area contributed by atoms with E-state index in [2.05, 4.69) is 40.3 Å². The fourth-order valence-corrected chi connectivity index (χ4v) is 2.46. The monoisotopic (exact) mass is 331 g/mol. The Bertz CT molecular complexity index is 622. The molecule has 0 heterocycles. The van der Waals surface area contributed by atoms with Crippen molar-refractivity contribution in [3.63, 3.8) is 0 Å². The minimum absolute atomic E-state index is 0.0413. The lowest BCUT2D eigenvalue weighted by Gasteiger charge is -2.10. The van der Waals surface area contributed by atoms with Gasteiger partial charge in [0.05, 0.1) is 5.69 Å². The molecule has 2 aromatic rings. The number of benzene rings is 2. The van der Waals surface area contributed by atoms with Crippen LogP contribution in [0.1, 0.15) is 23.1 Å². The van der Waals surface area contributed by atoms with Gasteiger partial charge < -0.3 is 5.32 Å². The maximum absolute atomic E-state index is 12.0. The van der Waals surface area contributed by atoms with Gasteiger partial charge in [-0.3, -0.25) is 4.79 Å². The molecule has 0 aliphatic rings. The highest BCUT2D eigenvalue weighted by atomic mass is 79.9. The molecule has 2 rings (SSSR count). The second-order valence-electron chi connectivity index (χ2n) is 4.91. The lowest BCUT2D eigenvalue weighted by molar-refractivity contribution is -0.116. The van der Waals surface area contributed by atoms with E-state index in [1.54, 1.807) is 0 Å². The molecule has 0 unspecified atom stereocenters. The van der Waals surface area contributed by atoms with Crippen LogP contribution in [0, 0.1) is 13.8 Å². The van der Waals surface area contributed by atoms with Crippen LogP contribution in [0.2, 0.25) is 0 Å². The summed E-state index contributed by atoms with van der Waals surface area (Å²) in [5.74, 6) is 0.0413. The van der Waals surface area contributed by atoms with Gasteiger partial charge in [-0.1, -0.05) is 36.4 Å². The van der Waals surface area contributed by atoms with Crippen molar-refractivity contribution in [1.29, 1.82) is 0 Å². The van der Waals surface area contributed by atoms with Crippen LogP contribution in [0.15, 0.2) is 46.9 Å². The Morgan fingerprint density at radius 3 is 2.50 bits per heavy atom. The predicted octanol–water partition coefficient (Wildman–Crippen LogP) is 4.64. The molecule has 0 radical (unpaired) electrons. The van der Waals surface area contributed by atoms with Crippen LogP contribution in [0.3, 0.4) is 0 Å². The van der Waals surface area contributed by atoms with Crippen molar-refractivity contribution in [3.8, 4) is 0 Å². The summed E-state index contributed by atoms with van der Waals surface area (Å²) in [7, 11) is 0. The molecule has 0 bridgehead atoms. The highest BCUT2D eigenvalue weighted by Gasteiger charge is 2.07. The Morgan fingerprint density at radius 1 is 1.05 bits per heavy atom. The molecule has 1 N–H and O–H groups in total. The zero-order valence-corrected chi connectivity index (χ0v) is 13.3. The Balaban J connectivity index is 1.96. The fourth-order valence-electron chi connectivity index (χ4n) is 2.10. The van der Waals surface area contributed by atoms with Gasteiger partial charge in [0.25, 0.3) is 0 Å². The van der Waals surface area contributed by atoms with E-state index in [-0.39, 0.29) is 5.91 Å². The fraction of sp³-hybridized carbons (Fsp3) is 0.235. The Hall–Kier alpha value is -1.61. The summed E-state index contributed by atoms with van der Waals surface area (Å²) >= 11 is 3.50. The van der Waals surface area contributed by atoms with Gasteiger partial charge in [0, 0.05) is 10.9 Å². The van der Waals surface area contributed by atoms with Crippen molar-refractivity contribution < 1.29 is 4.79 Å². The predicted molar refractivity (Wildman–Crippen MR) is 87.0 cm³/mol. The van der Waals surface area contributed by atoms with E-state index in [4.69, 9.17) is 0 Å². The molecule has 104 valence electrons. The van der Waals surface area contributed by atoms with Crippen LogP contribution >= 0.6 is 15.9 Å². The minimum Gasteiger partial charge on any atom is -0.325 e. The number of halogens is 1. The van der Waals surface area contributed by atoms with E-state index in [0.717, 1.165) is 22.1 Å². The molecule has 0 fully saturated rings. The summed E-state index contributed by atoms with van der Waals surface area (Å²) in [4.78, 5) is 12.0. The average Bonchev–Trinajstić information content (AvgIpc) is 2.43. The smallest absolute Gasteiger partial charge is 0.224 e. The first-order valence-electron chi connectivity index (χ1n) is 6.67. The third kappa shape index (κ3) is 3.70. The molecule has 2 aromatic carbocycles. The van der Waals surface area contributed by atoms with Gasteiger partial charge in [-0.2, -0.15) is 0 Å². The maximum Gasteiger partial charge on any atom is 0.224 e. The molecule has 0 saturated carbocycles. The van der Waals surface area contributed by atoms with Gasteiger partial charge in [0.15, 0.2) is 0 Å². The van der Waals surface area contributed by atoms with Gasteiger partial charge >= 0.3 is 0 Å². The van der Waals surface area contributed by atoms with Crippen molar-refractivity contribution >= 4 is 27.5 Å². The summed E-state index contributed by atoms with van der Waals surface area (Å²) in [6.45, 7) is 4.08. The first kappa shape index (κ1) is 14.8. The number of hydrogen-bond acceptors (Lipinski definition) is 1. The van der Waals surface area contributed by atoms with Gasteiger partial charge in [-0.15, -0.1) is 0 Å². The van der Waals surface area contributed by atoms with Gasteiger partial charge in [0.2, 0.25) is 5.91 Å². The molecule has 0 aliphatic carbocycles. The molecule has 0 aliphatic heterocycles. The number of anilines is 1. The summed E-state index contributed by atoms with van der Waals surface area (Å²) in [5.41, 5.74) is 4.41. The Kier molecular flexibility index (Phi) is 4.96. The molecule has 1 amide bonds. The second kappa shape index (κ2) is 6.71. The highest BCUT2D eigenvalue weighted by molar-refractivity contribution is 9.10. The van der Waals surface area contributed by atoms with E-state index in [1.807, 2.05) is 37.3 Å². The number of hydrogen-bond donors (Lipinski definition) is 1. The molecular weight excluding hydrogens is 314 g/mol. The lowest BCUT2D eigenvalue weighted by atomic mass is 10.0. The molecule has 2 nitrogen and oxygen atoms in total. The van der Waals surface area contributed by atoms with E-state index >= 15 is 0 Å². The largest absolute Gasteiger partial charge is 0.325 e. The Labute approximate surface area is 128 Å². The lowest BCUT2D eigenvalue weighted by Crippen LogP contribution is -2.13. The molecular formula is C17H18BrNO. The third-order valence-corrected chi connectivity index (χ3v) is 4.40. The van der Waals surface area contributed by atoms with Crippen LogP contribution < -0.4 is 5.32 Å². The van der Waals surface area contributed by atoms with Crippen LogP contribution in [-0.2, 0) is 11.2 Å². The molecule has 0 aromatic heterocycles. The zero-order valence-electron chi connectivity index (χ0n) is 11.7. The van der Waals surface area contributed by atoms with E-state index in [1.165, 1.54) is 11.1 Å². The molecule has 3 heteroatoms. The van der Waals surface area contributed by atoms with Crippen molar-refractivity contribution in [2.75, 3.05) is 5.32 Å².